The molecule has 3 aromatic rings. The van der Waals surface area contributed by atoms with Crippen LogP contribution in [0.5, 0.6) is 0 Å². The number of carbonyl (C=O) groups excluding carboxylic acids is 2. The van der Waals surface area contributed by atoms with Gasteiger partial charge in [-0.15, -0.1) is 0 Å². The lowest BCUT2D eigenvalue weighted by atomic mass is 9.94. The molecule has 0 radical (unpaired) electrons. The first-order chi connectivity index (χ1) is 21.3. The zero-order valence-corrected chi connectivity index (χ0v) is 26.0. The third-order valence-electron chi connectivity index (χ3n) is 7.19. The number of hydrogen-bond acceptors (Lipinski definition) is 11. The number of rotatable bonds is 8. The molecule has 15 heteroatoms. The van der Waals surface area contributed by atoms with Crippen LogP contribution in [0.4, 0.5) is 24.3 Å². The maximum Gasteiger partial charge on any atom is 0.410 e. The van der Waals surface area contributed by atoms with Crippen molar-refractivity contribution in [3.63, 3.8) is 0 Å². The second-order valence-electron chi connectivity index (χ2n) is 12.4. The highest BCUT2D eigenvalue weighted by atomic mass is 19.1. The number of likely N-dealkylation sites (tertiary alicyclic amines) is 1. The highest BCUT2D eigenvalue weighted by Gasteiger charge is 2.39. The van der Waals surface area contributed by atoms with E-state index in [1.54, 1.807) is 51.3 Å². The number of carbonyl (C=O) groups is 2. The predicted molar refractivity (Wildman–Crippen MR) is 156 cm³/mol. The summed E-state index contributed by atoms with van der Waals surface area (Å²) in [4.78, 5) is 41.2. The Balaban J connectivity index is 1.23. The molecule has 2 saturated heterocycles. The summed E-state index contributed by atoms with van der Waals surface area (Å²) in [5, 5.41) is 6.82. The minimum atomic E-state index is -0.735. The Kier molecular flexibility index (Phi) is 9.18. The van der Waals surface area contributed by atoms with Gasteiger partial charge in [-0.05, 0) is 65.3 Å². The Morgan fingerprint density at radius 2 is 1.78 bits per heavy atom. The zero-order chi connectivity index (χ0) is 32.5. The van der Waals surface area contributed by atoms with Crippen molar-refractivity contribution in [2.75, 3.05) is 31.1 Å². The van der Waals surface area contributed by atoms with E-state index in [1.165, 1.54) is 12.4 Å². The molecule has 5 rings (SSSR count). The van der Waals surface area contributed by atoms with E-state index in [0.29, 0.717) is 24.6 Å². The first kappa shape index (κ1) is 32.0. The molecule has 2 aliphatic heterocycles. The van der Waals surface area contributed by atoms with Crippen LogP contribution in [0.2, 0.25) is 0 Å². The molecule has 2 fully saturated rings. The van der Waals surface area contributed by atoms with Crippen LogP contribution >= 0.6 is 0 Å². The van der Waals surface area contributed by atoms with Crippen LogP contribution in [-0.2, 0) is 14.2 Å². The summed E-state index contributed by atoms with van der Waals surface area (Å²) in [7, 11) is 0. The number of amides is 2. The van der Waals surface area contributed by atoms with Crippen LogP contribution in [0.1, 0.15) is 65.0 Å². The van der Waals surface area contributed by atoms with Crippen LogP contribution in [0.3, 0.4) is 0 Å². The maximum atomic E-state index is 14.8. The van der Waals surface area contributed by atoms with E-state index in [1.807, 2.05) is 0 Å². The van der Waals surface area contributed by atoms with Crippen molar-refractivity contribution < 1.29 is 37.1 Å². The summed E-state index contributed by atoms with van der Waals surface area (Å²) < 4.78 is 50.8. The normalized spacial score (nSPS) is 19.4. The summed E-state index contributed by atoms with van der Waals surface area (Å²) in [6, 6.07) is 2.65. The Morgan fingerprint density at radius 1 is 1.07 bits per heavy atom. The van der Waals surface area contributed by atoms with Gasteiger partial charge in [0.05, 0.1) is 36.9 Å². The van der Waals surface area contributed by atoms with Crippen molar-refractivity contribution in [3.8, 4) is 11.4 Å². The fourth-order valence-electron chi connectivity index (χ4n) is 5.10. The highest BCUT2D eigenvalue weighted by Crippen LogP contribution is 2.33. The van der Waals surface area contributed by atoms with Crippen LogP contribution in [0, 0.1) is 11.6 Å². The lowest BCUT2D eigenvalue weighted by Crippen LogP contribution is -2.55. The fourth-order valence-corrected chi connectivity index (χ4v) is 5.10. The van der Waals surface area contributed by atoms with E-state index >= 15 is 0 Å². The SMILES string of the molecule is CC(C)OC(=O)N1CC(O[C@H](C)c2nc(-c3cnc(N4C[C@H](NC(=O)OC(C)(C)C)[C@@H](c5cc(F)ccc5F)C4)nc3)no2)C1. The first-order valence-electron chi connectivity index (χ1n) is 14.7. The van der Waals surface area contributed by atoms with Crippen LogP contribution in [-0.4, -0.2) is 87.2 Å². The number of ether oxygens (including phenoxy) is 3. The third-order valence-corrected chi connectivity index (χ3v) is 7.19. The average molecular weight is 630 g/mol. The van der Waals surface area contributed by atoms with Gasteiger partial charge in [-0.3, -0.25) is 0 Å². The van der Waals surface area contributed by atoms with E-state index < -0.39 is 41.4 Å². The molecule has 2 amide bonds. The van der Waals surface area contributed by atoms with Gasteiger partial charge < -0.3 is 33.9 Å². The molecule has 1 N–H and O–H groups in total. The fraction of sp³-hybridized carbons (Fsp3) is 0.533. The maximum absolute atomic E-state index is 14.8. The van der Waals surface area contributed by atoms with Gasteiger partial charge in [0.25, 0.3) is 5.89 Å². The minimum absolute atomic E-state index is 0.135. The van der Waals surface area contributed by atoms with Gasteiger partial charge in [0.15, 0.2) is 0 Å². The van der Waals surface area contributed by atoms with Gasteiger partial charge in [0, 0.05) is 31.4 Å². The minimum Gasteiger partial charge on any atom is -0.447 e. The zero-order valence-electron chi connectivity index (χ0n) is 26.0. The molecule has 0 spiro atoms. The van der Waals surface area contributed by atoms with Gasteiger partial charge in [-0.1, -0.05) is 5.16 Å². The number of halogens is 2. The molecule has 4 heterocycles. The van der Waals surface area contributed by atoms with Crippen molar-refractivity contribution in [1.82, 2.24) is 30.3 Å². The van der Waals surface area contributed by atoms with Crippen molar-refractivity contribution >= 4 is 18.1 Å². The third kappa shape index (κ3) is 7.82. The monoisotopic (exact) mass is 629 g/mol. The summed E-state index contributed by atoms with van der Waals surface area (Å²) in [6.07, 6.45) is 1.12. The number of hydrogen-bond donors (Lipinski definition) is 1. The van der Waals surface area contributed by atoms with Crippen molar-refractivity contribution in [3.05, 3.63) is 53.7 Å². The predicted octanol–water partition coefficient (Wildman–Crippen LogP) is 4.61. The number of alkyl carbamates (subject to hydrolysis) is 1. The standard InChI is InChI=1S/C30H37F2N7O6/c1-16(2)42-29(41)39-12-20(13-39)43-17(3)26-36-25(37-45-26)18-10-33-27(34-11-18)38-14-22(21-9-19(31)7-8-23(21)32)24(15-38)35-28(40)44-30(4,5)6/h7-11,16-17,20,22,24H,12-15H2,1-6H3,(H,35,40)/t17-,22-,24+/m1/s1. The Hall–Kier alpha value is -4.40. The van der Waals surface area contributed by atoms with Gasteiger partial charge in [-0.2, -0.15) is 4.98 Å². The molecule has 1 aromatic carbocycles. The van der Waals surface area contributed by atoms with E-state index in [0.717, 1.165) is 18.2 Å². The lowest BCUT2D eigenvalue weighted by molar-refractivity contribution is -0.0916. The Morgan fingerprint density at radius 3 is 2.44 bits per heavy atom. The Bertz CT molecular complexity index is 1510. The summed E-state index contributed by atoms with van der Waals surface area (Å²) in [5.41, 5.74) is -0.111. The van der Waals surface area contributed by atoms with Gasteiger partial charge in [-0.25, -0.2) is 28.3 Å². The van der Waals surface area contributed by atoms with Gasteiger partial charge in [0.1, 0.15) is 23.3 Å². The first-order valence-corrected chi connectivity index (χ1v) is 14.7. The molecular weight excluding hydrogens is 592 g/mol. The second kappa shape index (κ2) is 12.9. The van der Waals surface area contributed by atoms with E-state index in [2.05, 4.69) is 25.4 Å². The van der Waals surface area contributed by atoms with E-state index in [4.69, 9.17) is 18.7 Å². The van der Waals surface area contributed by atoms with Crippen molar-refractivity contribution in [2.45, 2.75) is 77.4 Å². The van der Waals surface area contributed by atoms with Gasteiger partial charge >= 0.3 is 12.2 Å². The van der Waals surface area contributed by atoms with Crippen LogP contribution in [0.25, 0.3) is 11.4 Å². The molecule has 2 aliphatic rings. The van der Waals surface area contributed by atoms with Crippen molar-refractivity contribution in [2.24, 2.45) is 0 Å². The number of anilines is 1. The molecule has 242 valence electrons. The molecule has 45 heavy (non-hydrogen) atoms. The topological polar surface area (TPSA) is 145 Å². The summed E-state index contributed by atoms with van der Waals surface area (Å²) in [5.74, 6) is -0.922. The molecular formula is C30H37F2N7O6. The van der Waals surface area contributed by atoms with Crippen LogP contribution in [0.15, 0.2) is 35.1 Å². The van der Waals surface area contributed by atoms with E-state index in [9.17, 15) is 18.4 Å². The van der Waals surface area contributed by atoms with Crippen LogP contribution < -0.4 is 10.2 Å². The van der Waals surface area contributed by atoms with Gasteiger partial charge in [0.2, 0.25) is 11.8 Å². The smallest absolute Gasteiger partial charge is 0.410 e. The Labute approximate surface area is 259 Å². The molecule has 0 saturated carbocycles. The number of nitrogens with zero attached hydrogens (tertiary/aromatic N) is 6. The second-order valence-corrected chi connectivity index (χ2v) is 12.4. The molecule has 2 aromatic heterocycles. The molecule has 3 atom stereocenters. The molecule has 0 aliphatic carbocycles. The summed E-state index contributed by atoms with van der Waals surface area (Å²) in [6.45, 7) is 11.8. The molecule has 0 unspecified atom stereocenters. The average Bonchev–Trinajstić information content (AvgIpc) is 3.58. The summed E-state index contributed by atoms with van der Waals surface area (Å²) >= 11 is 0. The largest absolute Gasteiger partial charge is 0.447 e. The van der Waals surface area contributed by atoms with Crippen molar-refractivity contribution in [1.29, 1.82) is 0 Å². The van der Waals surface area contributed by atoms with E-state index in [-0.39, 0.29) is 48.7 Å². The quantitative estimate of drug-likeness (QED) is 0.373. The number of benzene rings is 1. The lowest BCUT2D eigenvalue weighted by Gasteiger charge is -2.39. The highest BCUT2D eigenvalue weighted by molar-refractivity contribution is 5.69. The molecule has 0 bridgehead atoms. The number of aromatic nitrogens is 4. The number of nitrogens with one attached hydrogen (secondary N) is 1. The molecule has 13 nitrogen and oxygen atoms in total.